The maximum atomic E-state index is 12.0. The smallest absolute Gasteiger partial charge is 0.259 e. The largest absolute Gasteiger partial charge is 0.321 e. The molecule has 0 aliphatic carbocycles. The van der Waals surface area contributed by atoms with E-state index in [-0.39, 0.29) is 5.56 Å². The van der Waals surface area contributed by atoms with E-state index in [1.807, 2.05) is 24.3 Å². The van der Waals surface area contributed by atoms with E-state index in [4.69, 9.17) is 0 Å². The van der Waals surface area contributed by atoms with Crippen molar-refractivity contribution in [2.45, 2.75) is 0 Å². The van der Waals surface area contributed by atoms with Gasteiger partial charge in [0, 0.05) is 11.6 Å². The SMILES string of the molecule is O=c1[nH]c2ccccc2c2c1cnc1ncnn12. The van der Waals surface area contributed by atoms with Gasteiger partial charge in [-0.25, -0.2) is 4.98 Å². The van der Waals surface area contributed by atoms with Gasteiger partial charge in [0.25, 0.3) is 11.3 Å². The molecule has 0 spiro atoms. The fourth-order valence-electron chi connectivity index (χ4n) is 2.19. The number of benzene rings is 1. The summed E-state index contributed by atoms with van der Waals surface area (Å²) in [6.45, 7) is 0. The lowest BCUT2D eigenvalue weighted by Gasteiger charge is -2.04. The van der Waals surface area contributed by atoms with Gasteiger partial charge >= 0.3 is 0 Å². The van der Waals surface area contributed by atoms with Crippen LogP contribution in [0.4, 0.5) is 0 Å². The van der Waals surface area contributed by atoms with Crippen molar-refractivity contribution in [2.24, 2.45) is 0 Å². The van der Waals surface area contributed by atoms with Crippen molar-refractivity contribution in [3.63, 3.8) is 0 Å². The highest BCUT2D eigenvalue weighted by Crippen LogP contribution is 2.19. The molecule has 18 heavy (non-hydrogen) atoms. The van der Waals surface area contributed by atoms with Crippen LogP contribution < -0.4 is 5.56 Å². The normalized spacial score (nSPS) is 11.6. The van der Waals surface area contributed by atoms with Gasteiger partial charge in [0.15, 0.2) is 0 Å². The van der Waals surface area contributed by atoms with Crippen LogP contribution >= 0.6 is 0 Å². The third kappa shape index (κ3) is 1.06. The van der Waals surface area contributed by atoms with Crippen LogP contribution in [0.25, 0.3) is 27.6 Å². The van der Waals surface area contributed by atoms with Gasteiger partial charge in [-0.15, -0.1) is 0 Å². The summed E-state index contributed by atoms with van der Waals surface area (Å²) in [7, 11) is 0. The molecule has 4 rings (SSSR count). The van der Waals surface area contributed by atoms with E-state index in [9.17, 15) is 4.79 Å². The Morgan fingerprint density at radius 2 is 2.00 bits per heavy atom. The summed E-state index contributed by atoms with van der Waals surface area (Å²) in [5.41, 5.74) is 1.34. The molecule has 1 aromatic carbocycles. The molecule has 1 N–H and O–H groups in total. The number of H-pyrrole nitrogens is 1. The average Bonchev–Trinajstić information content (AvgIpc) is 2.86. The van der Waals surface area contributed by atoms with Gasteiger partial charge in [0.05, 0.1) is 16.4 Å². The van der Waals surface area contributed by atoms with Crippen molar-refractivity contribution in [3.05, 3.63) is 47.1 Å². The van der Waals surface area contributed by atoms with Gasteiger partial charge in [0.1, 0.15) is 6.33 Å². The second-order valence-electron chi connectivity index (χ2n) is 3.99. The summed E-state index contributed by atoms with van der Waals surface area (Å²) in [4.78, 5) is 23.0. The first-order valence-corrected chi connectivity index (χ1v) is 5.44. The zero-order valence-electron chi connectivity index (χ0n) is 9.16. The molecule has 3 heterocycles. The molecule has 0 saturated carbocycles. The second kappa shape index (κ2) is 3.13. The molecule has 0 bridgehead atoms. The lowest BCUT2D eigenvalue weighted by atomic mass is 10.1. The monoisotopic (exact) mass is 237 g/mol. The number of hydrogen-bond acceptors (Lipinski definition) is 4. The topological polar surface area (TPSA) is 75.9 Å². The predicted octanol–water partition coefficient (Wildman–Crippen LogP) is 1.12. The first kappa shape index (κ1) is 9.29. The molecule has 6 nitrogen and oxygen atoms in total. The average molecular weight is 237 g/mol. The molecular weight excluding hydrogens is 230 g/mol. The number of fused-ring (bicyclic) bond motifs is 5. The first-order chi connectivity index (χ1) is 8.84. The summed E-state index contributed by atoms with van der Waals surface area (Å²) in [6, 6.07) is 7.60. The molecule has 6 heteroatoms. The Balaban J connectivity index is 2.47. The number of para-hydroxylation sites is 1. The van der Waals surface area contributed by atoms with E-state index >= 15 is 0 Å². The van der Waals surface area contributed by atoms with Crippen molar-refractivity contribution in [2.75, 3.05) is 0 Å². The zero-order chi connectivity index (χ0) is 12.1. The number of nitrogens with zero attached hydrogens (tertiary/aromatic N) is 4. The maximum Gasteiger partial charge on any atom is 0.259 e. The minimum absolute atomic E-state index is 0.173. The highest BCUT2D eigenvalue weighted by atomic mass is 16.1. The number of pyridine rings is 1. The Bertz CT molecular complexity index is 953. The van der Waals surface area contributed by atoms with Gasteiger partial charge in [-0.3, -0.25) is 4.79 Å². The van der Waals surface area contributed by atoms with Crippen LogP contribution in [0.5, 0.6) is 0 Å². The van der Waals surface area contributed by atoms with Crippen LogP contribution in [0.2, 0.25) is 0 Å². The van der Waals surface area contributed by atoms with E-state index in [2.05, 4.69) is 20.1 Å². The molecule has 4 aromatic rings. The van der Waals surface area contributed by atoms with Gasteiger partial charge in [-0.2, -0.15) is 14.6 Å². The molecule has 0 saturated heterocycles. The summed E-state index contributed by atoms with van der Waals surface area (Å²) in [6.07, 6.45) is 2.96. The van der Waals surface area contributed by atoms with Crippen LogP contribution in [0.15, 0.2) is 41.6 Å². The number of hydrogen-bond donors (Lipinski definition) is 1. The number of nitrogens with one attached hydrogen (secondary N) is 1. The third-order valence-electron chi connectivity index (χ3n) is 2.98. The van der Waals surface area contributed by atoms with Crippen molar-refractivity contribution >= 4 is 27.6 Å². The summed E-state index contributed by atoms with van der Waals surface area (Å²) in [5, 5.41) is 5.56. The van der Waals surface area contributed by atoms with Gasteiger partial charge in [-0.05, 0) is 6.07 Å². The van der Waals surface area contributed by atoms with E-state index in [0.717, 1.165) is 16.4 Å². The van der Waals surface area contributed by atoms with Crippen molar-refractivity contribution in [1.82, 2.24) is 24.6 Å². The highest BCUT2D eigenvalue weighted by molar-refractivity contribution is 6.03. The number of aromatic nitrogens is 5. The quantitative estimate of drug-likeness (QED) is 0.465. The third-order valence-corrected chi connectivity index (χ3v) is 2.98. The van der Waals surface area contributed by atoms with Crippen LogP contribution in [0.1, 0.15) is 0 Å². The highest BCUT2D eigenvalue weighted by Gasteiger charge is 2.10. The zero-order valence-corrected chi connectivity index (χ0v) is 9.16. The summed E-state index contributed by atoms with van der Waals surface area (Å²) in [5.74, 6) is 0.484. The number of rotatable bonds is 0. The standard InChI is InChI=1S/C12H7N5O/c18-11-8-5-13-12-14-6-15-17(12)10(8)7-3-1-2-4-9(7)16-11/h1-6H,(H,16,18). The fourth-order valence-corrected chi connectivity index (χ4v) is 2.19. The first-order valence-electron chi connectivity index (χ1n) is 5.44. The minimum atomic E-state index is -0.173. The second-order valence-corrected chi connectivity index (χ2v) is 3.99. The molecule has 0 aliphatic rings. The van der Waals surface area contributed by atoms with E-state index in [0.29, 0.717) is 11.2 Å². The molecule has 0 atom stereocenters. The predicted molar refractivity (Wildman–Crippen MR) is 66.4 cm³/mol. The van der Waals surface area contributed by atoms with Gasteiger partial charge in [0.2, 0.25) is 0 Å². The molecule has 0 unspecified atom stereocenters. The molecule has 0 fully saturated rings. The molecule has 0 amide bonds. The van der Waals surface area contributed by atoms with E-state index in [1.165, 1.54) is 12.5 Å². The minimum Gasteiger partial charge on any atom is -0.321 e. The Morgan fingerprint density at radius 1 is 1.11 bits per heavy atom. The van der Waals surface area contributed by atoms with Gasteiger partial charge in [-0.1, -0.05) is 18.2 Å². The maximum absolute atomic E-state index is 12.0. The lowest BCUT2D eigenvalue weighted by Crippen LogP contribution is -2.09. The van der Waals surface area contributed by atoms with Crippen molar-refractivity contribution < 1.29 is 0 Å². The fraction of sp³-hybridized carbons (Fsp3) is 0. The molecule has 86 valence electrons. The van der Waals surface area contributed by atoms with Gasteiger partial charge < -0.3 is 4.98 Å². The van der Waals surface area contributed by atoms with Crippen LogP contribution in [0, 0.1) is 0 Å². The van der Waals surface area contributed by atoms with Crippen molar-refractivity contribution in [1.29, 1.82) is 0 Å². The Morgan fingerprint density at radius 3 is 2.94 bits per heavy atom. The van der Waals surface area contributed by atoms with E-state index in [1.54, 1.807) is 4.52 Å². The lowest BCUT2D eigenvalue weighted by molar-refractivity contribution is 0.985. The van der Waals surface area contributed by atoms with Crippen LogP contribution in [-0.4, -0.2) is 24.6 Å². The van der Waals surface area contributed by atoms with Crippen LogP contribution in [0.3, 0.4) is 0 Å². The molecule has 0 radical (unpaired) electrons. The Hall–Kier alpha value is -2.76. The van der Waals surface area contributed by atoms with Crippen LogP contribution in [-0.2, 0) is 0 Å². The Kier molecular flexibility index (Phi) is 1.62. The Labute approximate surface area is 99.9 Å². The summed E-state index contributed by atoms with van der Waals surface area (Å²) < 4.78 is 1.59. The van der Waals surface area contributed by atoms with Crippen molar-refractivity contribution in [3.8, 4) is 0 Å². The molecule has 3 aromatic heterocycles. The molecular formula is C12H7N5O. The van der Waals surface area contributed by atoms with E-state index < -0.39 is 0 Å². The molecule has 0 aliphatic heterocycles. The number of aromatic amines is 1. The summed E-state index contributed by atoms with van der Waals surface area (Å²) >= 11 is 0.